The van der Waals surface area contributed by atoms with Gasteiger partial charge in [0.15, 0.2) is 0 Å². The summed E-state index contributed by atoms with van der Waals surface area (Å²) in [6, 6.07) is 6.01. The summed E-state index contributed by atoms with van der Waals surface area (Å²) >= 11 is 1.66. The minimum Gasteiger partial charge on any atom is -0.271 e. The lowest BCUT2D eigenvalue weighted by Crippen LogP contribution is -2.28. The average Bonchev–Trinajstić information content (AvgIpc) is 2.74. The summed E-state index contributed by atoms with van der Waals surface area (Å²) in [5.41, 5.74) is 5.04. The molecule has 0 bridgehead atoms. The average molecular weight is 205 g/mol. The van der Waals surface area contributed by atoms with Crippen LogP contribution < -0.4 is 11.3 Å². The summed E-state index contributed by atoms with van der Waals surface area (Å²) in [5.74, 6) is 5.52. The number of hydrogen-bond donors (Lipinski definition) is 2. The Kier molecular flexibility index (Phi) is 2.88. The number of hydrogen-bond acceptors (Lipinski definition) is 4. The molecule has 0 saturated heterocycles. The topological polar surface area (TPSA) is 50.9 Å². The first kappa shape index (κ1) is 9.33. The Morgan fingerprint density at radius 3 is 2.86 bits per heavy atom. The smallest absolute Gasteiger partial charge is 0.0733 e. The van der Waals surface area contributed by atoms with Crippen LogP contribution in [0.5, 0.6) is 0 Å². The molecule has 1 atom stereocenters. The third-order valence-electron chi connectivity index (χ3n) is 2.06. The molecule has 2 aromatic rings. The zero-order chi connectivity index (χ0) is 9.80. The van der Waals surface area contributed by atoms with Gasteiger partial charge in [-0.15, -0.1) is 0 Å². The molecular formula is C10H11N3S. The molecule has 0 aromatic carbocycles. The molecule has 0 amide bonds. The summed E-state index contributed by atoms with van der Waals surface area (Å²) in [5, 5.41) is 4.12. The maximum Gasteiger partial charge on any atom is 0.0733 e. The van der Waals surface area contributed by atoms with E-state index in [1.54, 1.807) is 17.5 Å². The summed E-state index contributed by atoms with van der Waals surface area (Å²) in [4.78, 5) is 4.07. The molecule has 0 aliphatic rings. The van der Waals surface area contributed by atoms with Crippen LogP contribution >= 0.6 is 11.3 Å². The van der Waals surface area contributed by atoms with Gasteiger partial charge in [0, 0.05) is 12.4 Å². The Balaban J connectivity index is 2.31. The second kappa shape index (κ2) is 4.32. The van der Waals surface area contributed by atoms with Crippen molar-refractivity contribution in [3.63, 3.8) is 0 Å². The van der Waals surface area contributed by atoms with Gasteiger partial charge in [-0.2, -0.15) is 11.3 Å². The van der Waals surface area contributed by atoms with Crippen LogP contribution in [-0.2, 0) is 0 Å². The van der Waals surface area contributed by atoms with Crippen molar-refractivity contribution in [3.8, 4) is 0 Å². The lowest BCUT2D eigenvalue weighted by molar-refractivity contribution is 0.636. The van der Waals surface area contributed by atoms with Crippen LogP contribution in [0.1, 0.15) is 17.2 Å². The van der Waals surface area contributed by atoms with Crippen molar-refractivity contribution >= 4 is 11.3 Å². The Hall–Kier alpha value is -1.23. The second-order valence-electron chi connectivity index (χ2n) is 2.94. The van der Waals surface area contributed by atoms with Gasteiger partial charge in [0.2, 0.25) is 0 Å². The zero-order valence-electron chi connectivity index (χ0n) is 7.55. The third kappa shape index (κ3) is 1.82. The van der Waals surface area contributed by atoms with Gasteiger partial charge in [-0.3, -0.25) is 10.8 Å². The lowest BCUT2D eigenvalue weighted by Gasteiger charge is -2.13. The predicted octanol–water partition coefficient (Wildman–Crippen LogP) is 1.70. The van der Waals surface area contributed by atoms with Gasteiger partial charge in [-0.25, -0.2) is 5.43 Å². The Bertz CT molecular complexity index is 372. The summed E-state index contributed by atoms with van der Waals surface area (Å²) in [7, 11) is 0. The molecule has 1 unspecified atom stereocenters. The molecule has 3 N–H and O–H groups in total. The monoisotopic (exact) mass is 205 g/mol. The van der Waals surface area contributed by atoms with E-state index in [9.17, 15) is 0 Å². The number of nitrogens with zero attached hydrogens (tertiary/aromatic N) is 1. The van der Waals surface area contributed by atoms with Gasteiger partial charge < -0.3 is 0 Å². The Labute approximate surface area is 86.6 Å². The fraction of sp³-hybridized carbons (Fsp3) is 0.100. The van der Waals surface area contributed by atoms with Crippen molar-refractivity contribution in [2.24, 2.45) is 5.84 Å². The predicted molar refractivity (Wildman–Crippen MR) is 57.7 cm³/mol. The molecule has 2 heterocycles. The van der Waals surface area contributed by atoms with E-state index in [2.05, 4.69) is 21.9 Å². The molecule has 0 spiro atoms. The molecule has 14 heavy (non-hydrogen) atoms. The first-order chi connectivity index (χ1) is 6.92. The zero-order valence-corrected chi connectivity index (χ0v) is 8.37. The molecule has 72 valence electrons. The first-order valence-electron chi connectivity index (χ1n) is 4.30. The molecule has 0 radical (unpaired) electrons. The van der Waals surface area contributed by atoms with Crippen molar-refractivity contribution in [2.75, 3.05) is 0 Å². The third-order valence-corrected chi connectivity index (χ3v) is 2.76. The largest absolute Gasteiger partial charge is 0.271 e. The van der Waals surface area contributed by atoms with Crippen molar-refractivity contribution in [1.82, 2.24) is 10.4 Å². The van der Waals surface area contributed by atoms with Gasteiger partial charge in [0.05, 0.1) is 6.04 Å². The standard InChI is InChI=1S/C10H11N3S/c11-13-10(9-3-5-14-7-9)8-2-1-4-12-6-8/h1-7,10,13H,11H2. The minimum absolute atomic E-state index is 0.0370. The van der Waals surface area contributed by atoms with Gasteiger partial charge in [0.25, 0.3) is 0 Å². The molecular weight excluding hydrogens is 194 g/mol. The fourth-order valence-electron chi connectivity index (χ4n) is 1.37. The first-order valence-corrected chi connectivity index (χ1v) is 5.24. The van der Waals surface area contributed by atoms with E-state index < -0.39 is 0 Å². The maximum absolute atomic E-state index is 5.52. The number of hydrazine groups is 1. The minimum atomic E-state index is 0.0370. The highest BCUT2D eigenvalue weighted by Gasteiger charge is 2.11. The quantitative estimate of drug-likeness (QED) is 0.592. The van der Waals surface area contributed by atoms with Crippen molar-refractivity contribution in [3.05, 3.63) is 52.5 Å². The molecule has 2 rings (SSSR count). The van der Waals surface area contributed by atoms with E-state index in [1.807, 2.05) is 23.7 Å². The van der Waals surface area contributed by atoms with E-state index in [0.717, 1.165) is 5.56 Å². The summed E-state index contributed by atoms with van der Waals surface area (Å²) < 4.78 is 0. The molecule has 0 saturated carbocycles. The number of aromatic nitrogens is 1. The summed E-state index contributed by atoms with van der Waals surface area (Å²) in [6.07, 6.45) is 3.58. The van der Waals surface area contributed by atoms with E-state index in [0.29, 0.717) is 0 Å². The lowest BCUT2D eigenvalue weighted by atomic mass is 10.0. The number of rotatable bonds is 3. The van der Waals surface area contributed by atoms with Crippen LogP contribution in [0, 0.1) is 0 Å². The van der Waals surface area contributed by atoms with Crippen LogP contribution in [-0.4, -0.2) is 4.98 Å². The van der Waals surface area contributed by atoms with Crippen LogP contribution in [0.25, 0.3) is 0 Å². The van der Waals surface area contributed by atoms with Crippen LogP contribution in [0.2, 0.25) is 0 Å². The number of thiophene rings is 1. The molecule has 0 aliphatic carbocycles. The van der Waals surface area contributed by atoms with Gasteiger partial charge >= 0.3 is 0 Å². The number of nitrogens with one attached hydrogen (secondary N) is 1. The van der Waals surface area contributed by atoms with Gasteiger partial charge in [-0.1, -0.05) is 6.07 Å². The summed E-state index contributed by atoms with van der Waals surface area (Å²) in [6.45, 7) is 0. The maximum atomic E-state index is 5.52. The van der Waals surface area contributed by atoms with E-state index in [-0.39, 0.29) is 6.04 Å². The normalized spacial score (nSPS) is 12.6. The Morgan fingerprint density at radius 2 is 2.29 bits per heavy atom. The van der Waals surface area contributed by atoms with Crippen molar-refractivity contribution < 1.29 is 0 Å². The van der Waals surface area contributed by atoms with Crippen LogP contribution in [0.15, 0.2) is 41.4 Å². The molecule has 3 nitrogen and oxygen atoms in total. The van der Waals surface area contributed by atoms with E-state index >= 15 is 0 Å². The van der Waals surface area contributed by atoms with Crippen LogP contribution in [0.4, 0.5) is 0 Å². The second-order valence-corrected chi connectivity index (χ2v) is 3.72. The highest BCUT2D eigenvalue weighted by Crippen LogP contribution is 2.22. The molecule has 4 heteroatoms. The number of pyridine rings is 1. The SMILES string of the molecule is NNC(c1cccnc1)c1ccsc1. The van der Waals surface area contributed by atoms with E-state index in [1.165, 1.54) is 5.56 Å². The molecule has 0 fully saturated rings. The van der Waals surface area contributed by atoms with Crippen molar-refractivity contribution in [2.45, 2.75) is 6.04 Å². The van der Waals surface area contributed by atoms with Gasteiger partial charge in [0.1, 0.15) is 0 Å². The van der Waals surface area contributed by atoms with Gasteiger partial charge in [-0.05, 0) is 34.0 Å². The molecule has 0 aliphatic heterocycles. The van der Waals surface area contributed by atoms with Crippen LogP contribution in [0.3, 0.4) is 0 Å². The number of nitrogens with two attached hydrogens (primary N) is 1. The fourth-order valence-corrected chi connectivity index (χ4v) is 2.06. The Morgan fingerprint density at radius 1 is 1.36 bits per heavy atom. The highest BCUT2D eigenvalue weighted by atomic mass is 32.1. The van der Waals surface area contributed by atoms with Crippen molar-refractivity contribution in [1.29, 1.82) is 0 Å². The highest BCUT2D eigenvalue weighted by molar-refractivity contribution is 7.08. The van der Waals surface area contributed by atoms with E-state index in [4.69, 9.17) is 5.84 Å². The molecule has 2 aromatic heterocycles.